The summed E-state index contributed by atoms with van der Waals surface area (Å²) in [5, 5.41) is 1.02. The molecule has 0 aliphatic heterocycles. The number of pyridine rings is 1. The molecule has 60 valence electrons. The van der Waals surface area contributed by atoms with Gasteiger partial charge in [-0.15, -0.1) is 0 Å². The third kappa shape index (κ3) is 0.871. The van der Waals surface area contributed by atoms with E-state index < -0.39 is 0 Å². The summed E-state index contributed by atoms with van der Waals surface area (Å²) in [4.78, 5) is 4.14. The monoisotopic (exact) mass is 159 g/mol. The Morgan fingerprint density at radius 1 is 1.08 bits per heavy atom. The maximum atomic E-state index is 5.73. The van der Waals surface area contributed by atoms with Crippen LogP contribution in [-0.2, 0) is 0 Å². The molecule has 3 nitrogen and oxygen atoms in total. The van der Waals surface area contributed by atoms with Gasteiger partial charge in [-0.1, -0.05) is 12.1 Å². The van der Waals surface area contributed by atoms with Crippen LogP contribution in [0.5, 0.6) is 0 Å². The van der Waals surface area contributed by atoms with E-state index in [1.165, 1.54) is 0 Å². The Kier molecular flexibility index (Phi) is 1.37. The number of hydrogen-bond donors (Lipinski definition) is 2. The van der Waals surface area contributed by atoms with Crippen molar-refractivity contribution in [3.05, 3.63) is 30.5 Å². The topological polar surface area (TPSA) is 64.9 Å². The molecule has 0 bridgehead atoms. The highest BCUT2D eigenvalue weighted by molar-refractivity contribution is 5.95. The average Bonchev–Trinajstić information content (AvgIpc) is 2.12. The van der Waals surface area contributed by atoms with Crippen molar-refractivity contribution in [2.75, 3.05) is 11.5 Å². The van der Waals surface area contributed by atoms with Gasteiger partial charge in [-0.3, -0.25) is 4.98 Å². The Labute approximate surface area is 70.0 Å². The molecule has 3 heteroatoms. The Balaban J connectivity index is 2.91. The van der Waals surface area contributed by atoms with E-state index in [0.717, 1.165) is 10.9 Å². The quantitative estimate of drug-likeness (QED) is 0.571. The zero-order chi connectivity index (χ0) is 8.55. The van der Waals surface area contributed by atoms with Gasteiger partial charge in [0, 0.05) is 11.6 Å². The van der Waals surface area contributed by atoms with E-state index in [0.29, 0.717) is 11.4 Å². The van der Waals surface area contributed by atoms with E-state index in [2.05, 4.69) is 4.98 Å². The Hall–Kier alpha value is -1.77. The highest BCUT2D eigenvalue weighted by Gasteiger charge is 2.00. The number of fused-ring (bicyclic) bond motifs is 1. The molecule has 1 heterocycles. The van der Waals surface area contributed by atoms with Gasteiger partial charge in [-0.05, 0) is 12.1 Å². The second-order valence-electron chi connectivity index (χ2n) is 2.64. The van der Waals surface area contributed by atoms with Crippen LogP contribution in [-0.4, -0.2) is 4.98 Å². The van der Waals surface area contributed by atoms with E-state index in [4.69, 9.17) is 11.5 Å². The van der Waals surface area contributed by atoms with Gasteiger partial charge in [0.1, 0.15) is 0 Å². The zero-order valence-electron chi connectivity index (χ0n) is 6.49. The van der Waals surface area contributed by atoms with Gasteiger partial charge >= 0.3 is 0 Å². The molecule has 0 saturated heterocycles. The predicted molar refractivity (Wildman–Crippen MR) is 50.6 cm³/mol. The summed E-state index contributed by atoms with van der Waals surface area (Å²) in [6, 6.07) is 7.53. The lowest BCUT2D eigenvalue weighted by Crippen LogP contribution is -1.96. The molecule has 1 aromatic heterocycles. The summed E-state index contributed by atoms with van der Waals surface area (Å²) in [5.74, 6) is 0. The smallest absolute Gasteiger partial charge is 0.0952 e. The van der Waals surface area contributed by atoms with Crippen LogP contribution in [0, 0.1) is 0 Å². The molecule has 0 amide bonds. The first kappa shape index (κ1) is 6.91. The summed E-state index contributed by atoms with van der Waals surface area (Å²) in [5.41, 5.74) is 13.3. The fourth-order valence-electron chi connectivity index (χ4n) is 1.18. The number of benzene rings is 1. The van der Waals surface area contributed by atoms with Crippen LogP contribution in [0.25, 0.3) is 10.9 Å². The lowest BCUT2D eigenvalue weighted by molar-refractivity contribution is 1.41. The maximum absolute atomic E-state index is 5.73. The van der Waals surface area contributed by atoms with Crippen LogP contribution < -0.4 is 11.5 Å². The minimum atomic E-state index is 0.563. The Morgan fingerprint density at radius 3 is 2.75 bits per heavy atom. The Bertz CT molecular complexity index is 423. The molecule has 0 atom stereocenters. The molecule has 12 heavy (non-hydrogen) atoms. The third-order valence-electron chi connectivity index (χ3n) is 1.85. The molecule has 2 aromatic rings. The molecule has 4 N–H and O–H groups in total. The van der Waals surface area contributed by atoms with Crippen molar-refractivity contribution in [2.24, 2.45) is 0 Å². The molecule has 0 radical (unpaired) electrons. The van der Waals surface area contributed by atoms with Gasteiger partial charge < -0.3 is 11.5 Å². The fourth-order valence-corrected chi connectivity index (χ4v) is 1.18. The van der Waals surface area contributed by atoms with Crippen molar-refractivity contribution in [1.82, 2.24) is 4.98 Å². The molecule has 2 rings (SSSR count). The van der Waals surface area contributed by atoms with Gasteiger partial charge in [0.2, 0.25) is 0 Å². The zero-order valence-corrected chi connectivity index (χ0v) is 6.49. The Morgan fingerprint density at radius 2 is 1.92 bits per heavy atom. The molecular weight excluding hydrogens is 150 g/mol. The minimum Gasteiger partial charge on any atom is -0.397 e. The van der Waals surface area contributed by atoms with Crippen LogP contribution in [0.15, 0.2) is 30.5 Å². The molecule has 0 unspecified atom stereocenters. The van der Waals surface area contributed by atoms with Gasteiger partial charge in [0.05, 0.1) is 16.9 Å². The van der Waals surface area contributed by atoms with Gasteiger partial charge in [-0.2, -0.15) is 0 Å². The molecule has 0 fully saturated rings. The van der Waals surface area contributed by atoms with E-state index in [9.17, 15) is 0 Å². The molecule has 1 aromatic carbocycles. The summed E-state index contributed by atoms with van der Waals surface area (Å²) < 4.78 is 0. The largest absolute Gasteiger partial charge is 0.397 e. The molecule has 0 aliphatic carbocycles. The van der Waals surface area contributed by atoms with Crippen LogP contribution in [0.4, 0.5) is 11.4 Å². The first-order chi connectivity index (χ1) is 5.79. The average molecular weight is 159 g/mol. The van der Waals surface area contributed by atoms with Crippen molar-refractivity contribution in [2.45, 2.75) is 0 Å². The van der Waals surface area contributed by atoms with Crippen LogP contribution in [0.2, 0.25) is 0 Å². The number of anilines is 2. The van der Waals surface area contributed by atoms with Crippen molar-refractivity contribution < 1.29 is 0 Å². The second-order valence-corrected chi connectivity index (χ2v) is 2.64. The lowest BCUT2D eigenvalue weighted by atomic mass is 10.2. The lowest BCUT2D eigenvalue weighted by Gasteiger charge is -2.02. The van der Waals surface area contributed by atoms with Crippen molar-refractivity contribution in [3.8, 4) is 0 Å². The number of nitrogens with two attached hydrogens (primary N) is 2. The number of hydrogen-bond acceptors (Lipinski definition) is 3. The standard InChI is InChI=1S/C9H9N3/c10-7-4-3-6-2-1-5-12-9(6)8(7)11/h1-5H,10-11H2. The van der Waals surface area contributed by atoms with Crippen molar-refractivity contribution >= 4 is 22.3 Å². The molecule has 0 saturated carbocycles. The van der Waals surface area contributed by atoms with E-state index in [-0.39, 0.29) is 0 Å². The van der Waals surface area contributed by atoms with Crippen LogP contribution >= 0.6 is 0 Å². The summed E-state index contributed by atoms with van der Waals surface area (Å²) in [6.07, 6.45) is 1.71. The molecular formula is C9H9N3. The summed E-state index contributed by atoms with van der Waals surface area (Å²) in [7, 11) is 0. The van der Waals surface area contributed by atoms with E-state index in [1.807, 2.05) is 18.2 Å². The minimum absolute atomic E-state index is 0.563. The fraction of sp³-hybridized carbons (Fsp3) is 0. The van der Waals surface area contributed by atoms with Crippen molar-refractivity contribution in [3.63, 3.8) is 0 Å². The number of rotatable bonds is 0. The third-order valence-corrected chi connectivity index (χ3v) is 1.85. The summed E-state index contributed by atoms with van der Waals surface area (Å²) >= 11 is 0. The van der Waals surface area contributed by atoms with Gasteiger partial charge in [0.25, 0.3) is 0 Å². The van der Waals surface area contributed by atoms with Gasteiger partial charge in [-0.25, -0.2) is 0 Å². The number of nitrogen functional groups attached to an aromatic ring is 2. The molecule has 0 spiro atoms. The second kappa shape index (κ2) is 2.37. The van der Waals surface area contributed by atoms with E-state index >= 15 is 0 Å². The maximum Gasteiger partial charge on any atom is 0.0952 e. The van der Waals surface area contributed by atoms with Crippen LogP contribution in [0.1, 0.15) is 0 Å². The summed E-state index contributed by atoms with van der Waals surface area (Å²) in [6.45, 7) is 0. The molecule has 0 aliphatic rings. The highest BCUT2D eigenvalue weighted by atomic mass is 14.7. The van der Waals surface area contributed by atoms with E-state index in [1.54, 1.807) is 12.3 Å². The van der Waals surface area contributed by atoms with Crippen molar-refractivity contribution in [1.29, 1.82) is 0 Å². The van der Waals surface area contributed by atoms with Gasteiger partial charge in [0.15, 0.2) is 0 Å². The number of aromatic nitrogens is 1. The van der Waals surface area contributed by atoms with Crippen LogP contribution in [0.3, 0.4) is 0 Å². The first-order valence-electron chi connectivity index (χ1n) is 3.68. The first-order valence-corrected chi connectivity index (χ1v) is 3.68. The number of nitrogens with zero attached hydrogens (tertiary/aromatic N) is 1. The normalized spacial score (nSPS) is 10.3. The SMILES string of the molecule is Nc1ccc2cccnc2c1N. The highest BCUT2D eigenvalue weighted by Crippen LogP contribution is 2.23. The predicted octanol–water partition coefficient (Wildman–Crippen LogP) is 1.40.